The van der Waals surface area contributed by atoms with E-state index >= 15 is 0 Å². The van der Waals surface area contributed by atoms with Crippen LogP contribution in [0.25, 0.3) is 0 Å². The van der Waals surface area contributed by atoms with Gasteiger partial charge in [0.05, 0.1) is 23.5 Å². The maximum absolute atomic E-state index is 12.4. The van der Waals surface area contributed by atoms with Crippen LogP contribution in [0, 0.1) is 0 Å². The van der Waals surface area contributed by atoms with Gasteiger partial charge in [-0.1, -0.05) is 35.0 Å². The molecular formula is C18H19ClN2O4. The SMILES string of the molecule is COCCOc1c(Cl)cccc1NC(=O)c1ccc(/C=N/OC)cc1. The number of rotatable bonds is 8. The summed E-state index contributed by atoms with van der Waals surface area (Å²) < 4.78 is 10.6. The Labute approximate surface area is 151 Å². The van der Waals surface area contributed by atoms with E-state index in [9.17, 15) is 4.79 Å². The van der Waals surface area contributed by atoms with Gasteiger partial charge in [-0.2, -0.15) is 0 Å². The van der Waals surface area contributed by atoms with Gasteiger partial charge in [0.25, 0.3) is 5.91 Å². The van der Waals surface area contributed by atoms with E-state index in [1.165, 1.54) is 7.11 Å². The van der Waals surface area contributed by atoms with Crippen LogP contribution in [0.15, 0.2) is 47.6 Å². The van der Waals surface area contributed by atoms with Crippen LogP contribution in [0.2, 0.25) is 5.02 Å². The smallest absolute Gasteiger partial charge is 0.255 e. The zero-order chi connectivity index (χ0) is 18.1. The number of halogens is 1. The number of hydrogen-bond donors (Lipinski definition) is 1. The minimum atomic E-state index is -0.269. The summed E-state index contributed by atoms with van der Waals surface area (Å²) in [6, 6.07) is 12.1. The Kier molecular flexibility index (Phi) is 7.25. The topological polar surface area (TPSA) is 69.2 Å². The summed E-state index contributed by atoms with van der Waals surface area (Å²) in [5.74, 6) is 0.146. The zero-order valence-corrected chi connectivity index (χ0v) is 14.7. The molecule has 0 spiro atoms. The number of benzene rings is 2. The van der Waals surface area contributed by atoms with Crippen LogP contribution in [-0.4, -0.2) is 39.6 Å². The van der Waals surface area contributed by atoms with E-state index in [0.717, 1.165) is 5.56 Å². The number of oxime groups is 1. The lowest BCUT2D eigenvalue weighted by molar-refractivity contribution is 0.102. The van der Waals surface area contributed by atoms with Gasteiger partial charge in [0.15, 0.2) is 5.75 Å². The fraction of sp³-hybridized carbons (Fsp3) is 0.222. The van der Waals surface area contributed by atoms with E-state index in [4.69, 9.17) is 21.1 Å². The molecule has 25 heavy (non-hydrogen) atoms. The van der Waals surface area contributed by atoms with Crippen molar-refractivity contribution < 1.29 is 19.1 Å². The Morgan fingerprint density at radius 1 is 1.16 bits per heavy atom. The van der Waals surface area contributed by atoms with Crippen molar-refractivity contribution in [3.8, 4) is 5.75 Å². The molecule has 0 unspecified atom stereocenters. The predicted octanol–water partition coefficient (Wildman–Crippen LogP) is 3.60. The summed E-state index contributed by atoms with van der Waals surface area (Å²) in [6.07, 6.45) is 1.56. The van der Waals surface area contributed by atoms with E-state index in [1.54, 1.807) is 55.8 Å². The number of amides is 1. The summed E-state index contributed by atoms with van der Waals surface area (Å²) in [4.78, 5) is 17.1. The van der Waals surface area contributed by atoms with Gasteiger partial charge in [-0.3, -0.25) is 4.79 Å². The van der Waals surface area contributed by atoms with Crippen molar-refractivity contribution in [2.24, 2.45) is 5.16 Å². The molecular weight excluding hydrogens is 344 g/mol. The zero-order valence-electron chi connectivity index (χ0n) is 14.0. The molecule has 0 saturated heterocycles. The van der Waals surface area contributed by atoms with Gasteiger partial charge in [-0.05, 0) is 29.8 Å². The maximum Gasteiger partial charge on any atom is 0.255 e. The van der Waals surface area contributed by atoms with Gasteiger partial charge in [-0.15, -0.1) is 0 Å². The summed E-state index contributed by atoms with van der Waals surface area (Å²) in [6.45, 7) is 0.750. The molecule has 6 nitrogen and oxygen atoms in total. The molecule has 0 aliphatic rings. The monoisotopic (exact) mass is 362 g/mol. The summed E-state index contributed by atoms with van der Waals surface area (Å²) in [5.41, 5.74) is 1.82. The number of carbonyl (C=O) groups excluding carboxylic acids is 1. The molecule has 2 aromatic carbocycles. The number of carbonyl (C=O) groups is 1. The Hall–Kier alpha value is -2.57. The quantitative estimate of drug-likeness (QED) is 0.442. The van der Waals surface area contributed by atoms with Crippen LogP contribution in [0.5, 0.6) is 5.75 Å². The largest absolute Gasteiger partial charge is 0.487 e. The molecule has 1 N–H and O–H groups in total. The standard InChI is InChI=1S/C18H19ClN2O4/c1-23-10-11-25-17-15(19)4-3-5-16(17)21-18(22)14-8-6-13(7-9-14)12-20-24-2/h3-9,12H,10-11H2,1-2H3,(H,21,22)/b20-12+. The third-order valence-electron chi connectivity index (χ3n) is 3.23. The Bertz CT molecular complexity index is 732. The lowest BCUT2D eigenvalue weighted by Gasteiger charge is -2.14. The normalized spacial score (nSPS) is 10.7. The number of methoxy groups -OCH3 is 1. The Morgan fingerprint density at radius 2 is 1.92 bits per heavy atom. The van der Waals surface area contributed by atoms with Crippen molar-refractivity contribution in [2.45, 2.75) is 0 Å². The number of hydrogen-bond acceptors (Lipinski definition) is 5. The van der Waals surface area contributed by atoms with Crippen LogP contribution >= 0.6 is 11.6 Å². The summed E-state index contributed by atoms with van der Waals surface area (Å²) in [7, 11) is 3.05. The summed E-state index contributed by atoms with van der Waals surface area (Å²) in [5, 5.41) is 6.90. The van der Waals surface area contributed by atoms with Crippen molar-refractivity contribution >= 4 is 29.4 Å². The molecule has 0 radical (unpaired) electrons. The minimum Gasteiger partial charge on any atom is -0.487 e. The molecule has 2 aromatic rings. The number of nitrogens with one attached hydrogen (secondary N) is 1. The highest BCUT2D eigenvalue weighted by Gasteiger charge is 2.13. The number of anilines is 1. The maximum atomic E-state index is 12.4. The van der Waals surface area contributed by atoms with Gasteiger partial charge < -0.3 is 19.6 Å². The highest BCUT2D eigenvalue weighted by Crippen LogP contribution is 2.33. The van der Waals surface area contributed by atoms with Crippen molar-refractivity contribution in [2.75, 3.05) is 32.8 Å². The minimum absolute atomic E-state index is 0.269. The van der Waals surface area contributed by atoms with Gasteiger partial charge in [-0.25, -0.2) is 0 Å². The van der Waals surface area contributed by atoms with Crippen LogP contribution in [0.3, 0.4) is 0 Å². The first-order valence-corrected chi connectivity index (χ1v) is 7.91. The van der Waals surface area contributed by atoms with Crippen molar-refractivity contribution in [1.82, 2.24) is 0 Å². The van der Waals surface area contributed by atoms with Gasteiger partial charge in [0.1, 0.15) is 13.7 Å². The fourth-order valence-electron chi connectivity index (χ4n) is 2.01. The molecule has 0 aliphatic carbocycles. The van der Waals surface area contributed by atoms with Crippen LogP contribution in [0.4, 0.5) is 5.69 Å². The van der Waals surface area contributed by atoms with Crippen LogP contribution in [-0.2, 0) is 9.57 Å². The fourth-order valence-corrected chi connectivity index (χ4v) is 2.24. The number of ether oxygens (including phenoxy) is 2. The van der Waals surface area contributed by atoms with Crippen LogP contribution < -0.4 is 10.1 Å². The second-order valence-electron chi connectivity index (χ2n) is 4.95. The van der Waals surface area contributed by atoms with E-state index in [1.807, 2.05) is 0 Å². The molecule has 0 heterocycles. The molecule has 0 aliphatic heterocycles. The average molecular weight is 363 g/mol. The van der Waals surface area contributed by atoms with E-state index in [2.05, 4.69) is 15.3 Å². The lowest BCUT2D eigenvalue weighted by Crippen LogP contribution is -2.14. The van der Waals surface area contributed by atoms with E-state index in [-0.39, 0.29) is 5.91 Å². The van der Waals surface area contributed by atoms with E-state index < -0.39 is 0 Å². The molecule has 0 aromatic heterocycles. The average Bonchev–Trinajstić information content (AvgIpc) is 2.62. The first-order valence-electron chi connectivity index (χ1n) is 7.54. The van der Waals surface area contributed by atoms with Crippen molar-refractivity contribution in [1.29, 1.82) is 0 Å². The lowest BCUT2D eigenvalue weighted by atomic mass is 10.1. The second kappa shape index (κ2) is 9.66. The van der Waals surface area contributed by atoms with Gasteiger partial charge in [0.2, 0.25) is 0 Å². The van der Waals surface area contributed by atoms with Crippen LogP contribution in [0.1, 0.15) is 15.9 Å². The molecule has 0 fully saturated rings. The summed E-state index contributed by atoms with van der Waals surface area (Å²) >= 11 is 6.16. The number of nitrogens with zero attached hydrogens (tertiary/aromatic N) is 1. The Balaban J connectivity index is 2.12. The van der Waals surface area contributed by atoms with E-state index in [0.29, 0.717) is 35.2 Å². The third kappa shape index (κ3) is 5.48. The second-order valence-corrected chi connectivity index (χ2v) is 5.36. The van der Waals surface area contributed by atoms with Gasteiger partial charge >= 0.3 is 0 Å². The van der Waals surface area contributed by atoms with Crippen molar-refractivity contribution in [3.05, 3.63) is 58.6 Å². The van der Waals surface area contributed by atoms with Gasteiger partial charge in [0, 0.05) is 12.7 Å². The molecule has 0 bridgehead atoms. The first-order chi connectivity index (χ1) is 12.2. The molecule has 7 heteroatoms. The molecule has 0 atom stereocenters. The molecule has 0 saturated carbocycles. The van der Waals surface area contributed by atoms with Crippen molar-refractivity contribution in [3.63, 3.8) is 0 Å². The Morgan fingerprint density at radius 3 is 2.60 bits per heavy atom. The third-order valence-corrected chi connectivity index (χ3v) is 3.53. The molecule has 132 valence electrons. The molecule has 1 amide bonds. The molecule has 2 rings (SSSR count). The predicted molar refractivity (Wildman–Crippen MR) is 97.8 cm³/mol. The first kappa shape index (κ1) is 18.8. The highest BCUT2D eigenvalue weighted by molar-refractivity contribution is 6.32. The number of para-hydroxylation sites is 1. The highest BCUT2D eigenvalue weighted by atomic mass is 35.5.